The summed E-state index contributed by atoms with van der Waals surface area (Å²) in [6.45, 7) is 3.29. The number of likely N-dealkylation sites (tertiary alicyclic amines) is 1. The van der Waals surface area contributed by atoms with Crippen molar-refractivity contribution in [1.29, 1.82) is 0 Å². The summed E-state index contributed by atoms with van der Waals surface area (Å²) in [6.07, 6.45) is 3.48. The molecular weight excluding hydrogens is 194 g/mol. The largest absolute Gasteiger partial charge is 0.465 e. The molecule has 5 heteroatoms. The molecule has 3 N–H and O–H groups in total. The van der Waals surface area contributed by atoms with Gasteiger partial charge in [0.15, 0.2) is 0 Å². The molecule has 0 bridgehead atoms. The van der Waals surface area contributed by atoms with E-state index in [1.165, 1.54) is 4.90 Å². The predicted octanol–water partition coefficient (Wildman–Crippen LogP) is 0.716. The van der Waals surface area contributed by atoms with Crippen LogP contribution in [0.1, 0.15) is 25.7 Å². The minimum Gasteiger partial charge on any atom is -0.465 e. The lowest BCUT2D eigenvalue weighted by Gasteiger charge is -2.45. The number of carbonyl (C=O) groups is 1. The van der Waals surface area contributed by atoms with E-state index in [0.717, 1.165) is 38.8 Å². The van der Waals surface area contributed by atoms with Crippen LogP contribution in [0.5, 0.6) is 0 Å². The van der Waals surface area contributed by atoms with E-state index in [9.17, 15) is 4.79 Å². The average Bonchev–Trinajstić information content (AvgIpc) is 2.24. The molecule has 2 heterocycles. The minimum absolute atomic E-state index is 0.377. The average molecular weight is 213 g/mol. The van der Waals surface area contributed by atoms with Crippen molar-refractivity contribution in [3.8, 4) is 0 Å². The summed E-state index contributed by atoms with van der Waals surface area (Å²) in [6, 6.07) is 0. The van der Waals surface area contributed by atoms with Crippen LogP contribution in [-0.2, 0) is 0 Å². The van der Waals surface area contributed by atoms with Gasteiger partial charge in [0.2, 0.25) is 0 Å². The van der Waals surface area contributed by atoms with Crippen LogP contribution in [0.25, 0.3) is 0 Å². The van der Waals surface area contributed by atoms with Gasteiger partial charge in [-0.25, -0.2) is 9.80 Å². The second kappa shape index (κ2) is 3.98. The van der Waals surface area contributed by atoms with Crippen LogP contribution >= 0.6 is 0 Å². The molecule has 86 valence electrons. The zero-order valence-corrected chi connectivity index (χ0v) is 8.98. The van der Waals surface area contributed by atoms with E-state index < -0.39 is 6.09 Å². The van der Waals surface area contributed by atoms with Crippen molar-refractivity contribution in [3.05, 3.63) is 0 Å². The molecule has 0 aromatic rings. The Bertz CT molecular complexity index is 239. The first-order chi connectivity index (χ1) is 7.11. The Kier molecular flexibility index (Phi) is 2.84. The minimum atomic E-state index is -0.777. The number of carboxylic acid groups (broad SMARTS) is 1. The zero-order valence-electron chi connectivity index (χ0n) is 8.98. The molecule has 0 saturated carbocycles. The van der Waals surface area contributed by atoms with Crippen molar-refractivity contribution in [2.24, 2.45) is 11.3 Å². The second-order valence-electron chi connectivity index (χ2n) is 4.81. The lowest BCUT2D eigenvalue weighted by Crippen LogP contribution is -2.49. The fraction of sp³-hybridized carbons (Fsp3) is 0.900. The maximum atomic E-state index is 10.8. The van der Waals surface area contributed by atoms with E-state index in [2.05, 4.69) is 0 Å². The van der Waals surface area contributed by atoms with Crippen molar-refractivity contribution < 1.29 is 9.90 Å². The maximum Gasteiger partial charge on any atom is 0.407 e. The van der Waals surface area contributed by atoms with Gasteiger partial charge in [-0.2, -0.15) is 0 Å². The van der Waals surface area contributed by atoms with E-state index in [-0.39, 0.29) is 0 Å². The molecule has 2 saturated heterocycles. The highest BCUT2D eigenvalue weighted by molar-refractivity contribution is 5.65. The third kappa shape index (κ3) is 2.23. The standard InChI is InChI=1S/C10H19N3O2/c11-13-7-3-10(4-8-13)1-5-12(6-2-10)9(14)15/h1-8,11H2,(H,14,15). The highest BCUT2D eigenvalue weighted by Crippen LogP contribution is 2.40. The number of piperidine rings is 2. The fourth-order valence-electron chi connectivity index (χ4n) is 2.67. The third-order valence-electron chi connectivity index (χ3n) is 3.95. The van der Waals surface area contributed by atoms with Crippen molar-refractivity contribution in [1.82, 2.24) is 9.91 Å². The Morgan fingerprint density at radius 2 is 1.53 bits per heavy atom. The van der Waals surface area contributed by atoms with Crippen LogP contribution < -0.4 is 5.84 Å². The molecule has 0 aliphatic carbocycles. The molecule has 2 aliphatic rings. The van der Waals surface area contributed by atoms with E-state index >= 15 is 0 Å². The van der Waals surface area contributed by atoms with Crippen molar-refractivity contribution in [3.63, 3.8) is 0 Å². The van der Waals surface area contributed by atoms with Crippen LogP contribution in [-0.4, -0.2) is 47.3 Å². The second-order valence-corrected chi connectivity index (χ2v) is 4.81. The van der Waals surface area contributed by atoms with Gasteiger partial charge >= 0.3 is 6.09 Å². The molecule has 0 unspecified atom stereocenters. The Labute approximate surface area is 89.8 Å². The third-order valence-corrected chi connectivity index (χ3v) is 3.95. The van der Waals surface area contributed by atoms with Crippen LogP contribution in [0.3, 0.4) is 0 Å². The number of hydrogen-bond acceptors (Lipinski definition) is 3. The molecule has 1 amide bonds. The van der Waals surface area contributed by atoms with Gasteiger partial charge in [0, 0.05) is 26.2 Å². The smallest absolute Gasteiger partial charge is 0.407 e. The number of amides is 1. The van der Waals surface area contributed by atoms with Gasteiger partial charge in [0.25, 0.3) is 0 Å². The lowest BCUT2D eigenvalue weighted by atomic mass is 9.71. The topological polar surface area (TPSA) is 69.8 Å². The van der Waals surface area contributed by atoms with Crippen LogP contribution in [0, 0.1) is 5.41 Å². The Morgan fingerprint density at radius 3 is 2.00 bits per heavy atom. The molecular formula is C10H19N3O2. The monoisotopic (exact) mass is 213 g/mol. The van der Waals surface area contributed by atoms with E-state index in [4.69, 9.17) is 10.9 Å². The van der Waals surface area contributed by atoms with Gasteiger partial charge in [0.1, 0.15) is 0 Å². The summed E-state index contributed by atoms with van der Waals surface area (Å²) in [5.41, 5.74) is 0.377. The molecule has 0 aromatic heterocycles. The Balaban J connectivity index is 1.89. The molecule has 2 fully saturated rings. The first kappa shape index (κ1) is 10.7. The van der Waals surface area contributed by atoms with Crippen LogP contribution in [0.2, 0.25) is 0 Å². The van der Waals surface area contributed by atoms with E-state index in [1.807, 2.05) is 5.01 Å². The van der Waals surface area contributed by atoms with Crippen molar-refractivity contribution in [2.45, 2.75) is 25.7 Å². The molecule has 1 spiro atoms. The summed E-state index contributed by atoms with van der Waals surface area (Å²) in [5.74, 6) is 5.73. The van der Waals surface area contributed by atoms with Gasteiger partial charge in [-0.05, 0) is 31.1 Å². The summed E-state index contributed by atoms with van der Waals surface area (Å²) >= 11 is 0. The quantitative estimate of drug-likeness (QED) is 0.582. The van der Waals surface area contributed by atoms with Crippen LogP contribution in [0.4, 0.5) is 4.79 Å². The summed E-state index contributed by atoms with van der Waals surface area (Å²) in [4.78, 5) is 12.3. The van der Waals surface area contributed by atoms with Crippen LogP contribution in [0.15, 0.2) is 0 Å². The van der Waals surface area contributed by atoms with Gasteiger partial charge < -0.3 is 10.0 Å². The summed E-state index contributed by atoms with van der Waals surface area (Å²) < 4.78 is 0. The first-order valence-corrected chi connectivity index (χ1v) is 5.59. The zero-order chi connectivity index (χ0) is 10.9. The fourth-order valence-corrected chi connectivity index (χ4v) is 2.67. The number of rotatable bonds is 0. The first-order valence-electron chi connectivity index (χ1n) is 5.59. The normalized spacial score (nSPS) is 26.9. The molecule has 2 aliphatic heterocycles. The van der Waals surface area contributed by atoms with Gasteiger partial charge in [-0.15, -0.1) is 0 Å². The number of nitrogens with two attached hydrogens (primary N) is 1. The molecule has 15 heavy (non-hydrogen) atoms. The summed E-state index contributed by atoms with van der Waals surface area (Å²) in [7, 11) is 0. The van der Waals surface area contributed by atoms with Crippen molar-refractivity contribution >= 4 is 6.09 Å². The maximum absolute atomic E-state index is 10.8. The Morgan fingerprint density at radius 1 is 1.07 bits per heavy atom. The molecule has 0 aromatic carbocycles. The van der Waals surface area contributed by atoms with Gasteiger partial charge in [0.05, 0.1) is 0 Å². The number of hydrogen-bond donors (Lipinski definition) is 2. The van der Waals surface area contributed by atoms with Gasteiger partial charge in [-0.3, -0.25) is 5.84 Å². The lowest BCUT2D eigenvalue weighted by molar-refractivity contribution is 0.0363. The highest BCUT2D eigenvalue weighted by Gasteiger charge is 2.37. The molecule has 2 rings (SSSR count). The van der Waals surface area contributed by atoms with E-state index in [1.54, 1.807) is 0 Å². The predicted molar refractivity (Wildman–Crippen MR) is 56.3 cm³/mol. The van der Waals surface area contributed by atoms with Gasteiger partial charge in [-0.1, -0.05) is 0 Å². The van der Waals surface area contributed by atoms with E-state index in [0.29, 0.717) is 18.5 Å². The molecule has 0 atom stereocenters. The Hall–Kier alpha value is -0.810. The highest BCUT2D eigenvalue weighted by atomic mass is 16.4. The molecule has 5 nitrogen and oxygen atoms in total. The number of nitrogens with zero attached hydrogens (tertiary/aromatic N) is 2. The molecule has 0 radical (unpaired) electrons. The SMILES string of the molecule is NN1CCC2(CC1)CCN(C(=O)O)CC2. The van der Waals surface area contributed by atoms with Crippen molar-refractivity contribution in [2.75, 3.05) is 26.2 Å². The number of hydrazine groups is 1. The summed E-state index contributed by atoms with van der Waals surface area (Å²) in [5, 5.41) is 10.7.